The summed E-state index contributed by atoms with van der Waals surface area (Å²) in [6.07, 6.45) is 0.284. The summed E-state index contributed by atoms with van der Waals surface area (Å²) >= 11 is 0. The zero-order valence-corrected chi connectivity index (χ0v) is 15.1. The zero-order chi connectivity index (χ0) is 18.8. The highest BCUT2D eigenvalue weighted by Crippen LogP contribution is 2.17. The number of anilines is 1. The number of para-hydroxylation sites is 2. The Kier molecular flexibility index (Phi) is 7.49. The van der Waals surface area contributed by atoms with Gasteiger partial charge in [0, 0.05) is 30.8 Å². The van der Waals surface area contributed by atoms with E-state index in [9.17, 15) is 9.59 Å². The van der Waals surface area contributed by atoms with E-state index in [0.717, 1.165) is 11.3 Å². The molecular weight excluding hydrogens is 332 g/mol. The van der Waals surface area contributed by atoms with Crippen molar-refractivity contribution in [2.75, 3.05) is 25.6 Å². The second kappa shape index (κ2) is 10.1. The number of amides is 1. The number of rotatable bonds is 9. The van der Waals surface area contributed by atoms with Gasteiger partial charge in [-0.1, -0.05) is 30.3 Å². The normalized spacial score (nSPS) is 10.1. The van der Waals surface area contributed by atoms with Crippen LogP contribution in [-0.4, -0.2) is 32.1 Å². The summed E-state index contributed by atoms with van der Waals surface area (Å²) < 4.78 is 10.3. The zero-order valence-electron chi connectivity index (χ0n) is 15.1. The number of hydrogen-bond donors (Lipinski definition) is 2. The lowest BCUT2D eigenvalue weighted by atomic mass is 10.1. The molecule has 0 bridgehead atoms. The van der Waals surface area contributed by atoms with E-state index < -0.39 is 0 Å². The van der Waals surface area contributed by atoms with Crippen LogP contribution in [0.1, 0.15) is 29.3 Å². The summed E-state index contributed by atoms with van der Waals surface area (Å²) in [6.45, 7) is 2.90. The van der Waals surface area contributed by atoms with Gasteiger partial charge >= 0.3 is 5.97 Å². The Morgan fingerprint density at radius 2 is 1.77 bits per heavy atom. The smallest absolute Gasteiger partial charge is 0.340 e. The van der Waals surface area contributed by atoms with E-state index in [2.05, 4.69) is 10.6 Å². The number of ether oxygens (including phenoxy) is 2. The maximum absolute atomic E-state index is 12.0. The van der Waals surface area contributed by atoms with Gasteiger partial charge in [0.25, 0.3) is 0 Å². The van der Waals surface area contributed by atoms with Gasteiger partial charge in [-0.2, -0.15) is 0 Å². The third kappa shape index (κ3) is 5.51. The molecule has 2 aromatic rings. The third-order valence-corrected chi connectivity index (χ3v) is 3.76. The van der Waals surface area contributed by atoms with Crippen molar-refractivity contribution in [1.82, 2.24) is 5.32 Å². The molecule has 0 heterocycles. The van der Waals surface area contributed by atoms with Crippen molar-refractivity contribution >= 4 is 17.6 Å². The SMILES string of the molecule is CCOC(=O)c1ccccc1NCCC(=O)NCc1ccccc1OC. The van der Waals surface area contributed by atoms with Crippen LogP contribution in [0.25, 0.3) is 0 Å². The molecule has 0 fully saturated rings. The van der Waals surface area contributed by atoms with Crippen LogP contribution in [-0.2, 0) is 16.1 Å². The van der Waals surface area contributed by atoms with E-state index in [1.807, 2.05) is 30.3 Å². The fourth-order valence-corrected chi connectivity index (χ4v) is 2.47. The van der Waals surface area contributed by atoms with Crippen LogP contribution in [0, 0.1) is 0 Å². The largest absolute Gasteiger partial charge is 0.496 e. The molecule has 26 heavy (non-hydrogen) atoms. The van der Waals surface area contributed by atoms with Gasteiger partial charge in [-0.15, -0.1) is 0 Å². The molecule has 138 valence electrons. The van der Waals surface area contributed by atoms with E-state index in [4.69, 9.17) is 9.47 Å². The van der Waals surface area contributed by atoms with E-state index in [1.54, 1.807) is 32.2 Å². The highest BCUT2D eigenvalue weighted by atomic mass is 16.5. The lowest BCUT2D eigenvalue weighted by Gasteiger charge is -2.12. The van der Waals surface area contributed by atoms with Crippen molar-refractivity contribution in [2.24, 2.45) is 0 Å². The molecule has 2 rings (SSSR count). The number of benzene rings is 2. The van der Waals surface area contributed by atoms with Gasteiger partial charge < -0.3 is 20.1 Å². The maximum Gasteiger partial charge on any atom is 0.340 e. The van der Waals surface area contributed by atoms with Crippen LogP contribution in [0.3, 0.4) is 0 Å². The van der Waals surface area contributed by atoms with Crippen LogP contribution in [0.5, 0.6) is 5.75 Å². The Labute approximate surface area is 153 Å². The molecule has 0 radical (unpaired) electrons. The minimum absolute atomic E-state index is 0.0861. The van der Waals surface area contributed by atoms with E-state index in [1.165, 1.54) is 0 Å². The molecule has 6 heteroatoms. The van der Waals surface area contributed by atoms with Gasteiger partial charge in [-0.25, -0.2) is 4.79 Å². The number of methoxy groups -OCH3 is 1. The average Bonchev–Trinajstić information content (AvgIpc) is 2.67. The average molecular weight is 356 g/mol. The quantitative estimate of drug-likeness (QED) is 0.676. The van der Waals surface area contributed by atoms with Crippen molar-refractivity contribution in [3.63, 3.8) is 0 Å². The predicted molar refractivity (Wildman–Crippen MR) is 100 cm³/mol. The van der Waals surface area contributed by atoms with Gasteiger partial charge in [0.15, 0.2) is 0 Å². The maximum atomic E-state index is 12.0. The molecule has 0 aromatic heterocycles. The fraction of sp³-hybridized carbons (Fsp3) is 0.300. The monoisotopic (exact) mass is 356 g/mol. The Morgan fingerprint density at radius 3 is 2.54 bits per heavy atom. The first-order chi connectivity index (χ1) is 12.7. The Morgan fingerprint density at radius 1 is 1.04 bits per heavy atom. The molecular formula is C20H24N2O4. The minimum atomic E-state index is -0.378. The Bertz CT molecular complexity index is 746. The lowest BCUT2D eigenvalue weighted by molar-refractivity contribution is -0.121. The van der Waals surface area contributed by atoms with Crippen LogP contribution in [0.2, 0.25) is 0 Å². The standard InChI is InChI=1S/C20H24N2O4/c1-3-26-20(24)16-9-5-6-10-17(16)21-13-12-19(23)22-14-15-8-4-7-11-18(15)25-2/h4-11,21H,3,12-14H2,1-2H3,(H,22,23). The summed E-state index contributed by atoms with van der Waals surface area (Å²) in [6, 6.07) is 14.6. The summed E-state index contributed by atoms with van der Waals surface area (Å²) in [5.41, 5.74) is 2.04. The number of carbonyl (C=O) groups excluding carboxylic acids is 2. The van der Waals surface area contributed by atoms with Crippen molar-refractivity contribution in [3.8, 4) is 5.75 Å². The minimum Gasteiger partial charge on any atom is -0.496 e. The molecule has 0 saturated heterocycles. The molecule has 2 aromatic carbocycles. The van der Waals surface area contributed by atoms with Gasteiger partial charge in [0.2, 0.25) is 5.91 Å². The molecule has 0 aliphatic rings. The van der Waals surface area contributed by atoms with E-state index >= 15 is 0 Å². The second-order valence-electron chi connectivity index (χ2n) is 5.53. The first kappa shape index (κ1) is 19.3. The summed E-state index contributed by atoms with van der Waals surface area (Å²) in [5, 5.41) is 5.98. The number of nitrogens with one attached hydrogen (secondary N) is 2. The van der Waals surface area contributed by atoms with Crippen LogP contribution in [0.4, 0.5) is 5.69 Å². The summed E-state index contributed by atoms with van der Waals surface area (Å²) in [4.78, 5) is 24.0. The van der Waals surface area contributed by atoms with E-state index in [0.29, 0.717) is 30.9 Å². The highest BCUT2D eigenvalue weighted by Gasteiger charge is 2.12. The number of carbonyl (C=O) groups is 2. The Hall–Kier alpha value is -3.02. The summed E-state index contributed by atoms with van der Waals surface area (Å²) in [5.74, 6) is 0.280. The first-order valence-electron chi connectivity index (χ1n) is 8.54. The van der Waals surface area contributed by atoms with Gasteiger partial charge in [0.1, 0.15) is 5.75 Å². The van der Waals surface area contributed by atoms with Crippen LogP contribution in [0.15, 0.2) is 48.5 Å². The van der Waals surface area contributed by atoms with E-state index in [-0.39, 0.29) is 18.3 Å². The van der Waals surface area contributed by atoms with Gasteiger partial charge in [0.05, 0.1) is 19.3 Å². The molecule has 0 unspecified atom stereocenters. The molecule has 1 amide bonds. The topological polar surface area (TPSA) is 76.7 Å². The lowest BCUT2D eigenvalue weighted by Crippen LogP contribution is -2.25. The van der Waals surface area contributed by atoms with Crippen molar-refractivity contribution in [3.05, 3.63) is 59.7 Å². The molecule has 2 N–H and O–H groups in total. The highest BCUT2D eigenvalue weighted by molar-refractivity contribution is 5.95. The molecule has 0 aliphatic carbocycles. The van der Waals surface area contributed by atoms with Gasteiger partial charge in [-0.3, -0.25) is 4.79 Å². The van der Waals surface area contributed by atoms with Gasteiger partial charge in [-0.05, 0) is 25.1 Å². The van der Waals surface area contributed by atoms with Crippen molar-refractivity contribution < 1.29 is 19.1 Å². The first-order valence-corrected chi connectivity index (χ1v) is 8.54. The molecule has 6 nitrogen and oxygen atoms in total. The third-order valence-electron chi connectivity index (χ3n) is 3.76. The van der Waals surface area contributed by atoms with Crippen molar-refractivity contribution in [1.29, 1.82) is 0 Å². The van der Waals surface area contributed by atoms with Crippen LogP contribution < -0.4 is 15.4 Å². The predicted octanol–water partition coefficient (Wildman–Crippen LogP) is 2.99. The van der Waals surface area contributed by atoms with Crippen molar-refractivity contribution in [2.45, 2.75) is 19.9 Å². The fourth-order valence-electron chi connectivity index (χ4n) is 2.47. The number of esters is 1. The number of hydrogen-bond acceptors (Lipinski definition) is 5. The Balaban J connectivity index is 1.83. The summed E-state index contributed by atoms with van der Waals surface area (Å²) in [7, 11) is 1.60. The molecule has 0 saturated carbocycles. The molecule has 0 atom stereocenters. The molecule has 0 spiro atoms. The molecule has 0 aliphatic heterocycles. The van der Waals surface area contributed by atoms with Crippen LogP contribution >= 0.6 is 0 Å². The second-order valence-corrected chi connectivity index (χ2v) is 5.53.